The smallest absolute Gasteiger partial charge is 0.335 e. The highest BCUT2D eigenvalue weighted by Gasteiger charge is 2.31. The first-order valence-electron chi connectivity index (χ1n) is 6.64. The molecule has 0 unspecified atom stereocenters. The molecule has 1 heterocycles. The number of anilines is 1. The molecule has 1 fully saturated rings. The highest BCUT2D eigenvalue weighted by molar-refractivity contribution is 5.88. The summed E-state index contributed by atoms with van der Waals surface area (Å²) in [5.74, 6) is 0.191. The SMILES string of the molecule is CC1CCC(O)(CNc2cc(C(=O)O)ccn2)CC1. The van der Waals surface area contributed by atoms with Crippen LogP contribution in [0.3, 0.4) is 0 Å². The number of aliphatic hydroxyl groups is 1. The van der Waals surface area contributed by atoms with E-state index in [0.717, 1.165) is 25.7 Å². The van der Waals surface area contributed by atoms with E-state index in [9.17, 15) is 9.90 Å². The summed E-state index contributed by atoms with van der Waals surface area (Å²) in [6.07, 6.45) is 5.07. The number of carboxylic acid groups (broad SMARTS) is 1. The zero-order valence-electron chi connectivity index (χ0n) is 11.1. The van der Waals surface area contributed by atoms with E-state index in [1.807, 2.05) is 0 Å². The van der Waals surface area contributed by atoms with Crippen molar-refractivity contribution in [2.75, 3.05) is 11.9 Å². The van der Waals surface area contributed by atoms with E-state index >= 15 is 0 Å². The van der Waals surface area contributed by atoms with Crippen LogP contribution < -0.4 is 5.32 Å². The minimum absolute atomic E-state index is 0.196. The van der Waals surface area contributed by atoms with Gasteiger partial charge in [0.1, 0.15) is 5.82 Å². The molecular weight excluding hydrogens is 244 g/mol. The van der Waals surface area contributed by atoms with Crippen molar-refractivity contribution in [3.05, 3.63) is 23.9 Å². The van der Waals surface area contributed by atoms with Gasteiger partial charge in [-0.25, -0.2) is 9.78 Å². The molecule has 19 heavy (non-hydrogen) atoms. The lowest BCUT2D eigenvalue weighted by molar-refractivity contribution is 0.00494. The molecule has 0 radical (unpaired) electrons. The summed E-state index contributed by atoms with van der Waals surface area (Å²) >= 11 is 0. The maximum Gasteiger partial charge on any atom is 0.335 e. The van der Waals surface area contributed by atoms with Crippen LogP contribution in [0.2, 0.25) is 0 Å². The van der Waals surface area contributed by atoms with Gasteiger partial charge in [0.15, 0.2) is 0 Å². The molecule has 0 saturated heterocycles. The summed E-state index contributed by atoms with van der Waals surface area (Å²) < 4.78 is 0. The fourth-order valence-corrected chi connectivity index (χ4v) is 2.39. The van der Waals surface area contributed by atoms with Crippen molar-refractivity contribution >= 4 is 11.8 Å². The minimum Gasteiger partial charge on any atom is -0.478 e. The van der Waals surface area contributed by atoms with Crippen molar-refractivity contribution in [3.8, 4) is 0 Å². The second-order valence-corrected chi connectivity index (χ2v) is 5.50. The molecular formula is C14H20N2O3. The minimum atomic E-state index is -0.976. The second kappa shape index (κ2) is 5.57. The number of hydrogen-bond donors (Lipinski definition) is 3. The van der Waals surface area contributed by atoms with Gasteiger partial charge >= 0.3 is 5.97 Å². The van der Waals surface area contributed by atoms with Gasteiger partial charge in [-0.05, 0) is 43.7 Å². The second-order valence-electron chi connectivity index (χ2n) is 5.50. The van der Waals surface area contributed by atoms with Gasteiger partial charge in [0, 0.05) is 12.7 Å². The zero-order chi connectivity index (χ0) is 13.9. The topological polar surface area (TPSA) is 82.5 Å². The van der Waals surface area contributed by atoms with Crippen LogP contribution in [0.5, 0.6) is 0 Å². The van der Waals surface area contributed by atoms with Crippen molar-refractivity contribution in [1.29, 1.82) is 0 Å². The number of carboxylic acids is 1. The molecule has 0 aromatic carbocycles. The Kier molecular flexibility index (Phi) is 4.04. The standard InChI is InChI=1S/C14H20N2O3/c1-10-2-5-14(19,6-3-10)9-16-12-8-11(13(17)18)4-7-15-12/h4,7-8,10,19H,2-3,5-6,9H2,1H3,(H,15,16)(H,17,18). The lowest BCUT2D eigenvalue weighted by atomic mass is 9.79. The third-order valence-electron chi connectivity index (χ3n) is 3.81. The predicted molar refractivity (Wildman–Crippen MR) is 72.3 cm³/mol. The van der Waals surface area contributed by atoms with Crippen molar-refractivity contribution < 1.29 is 15.0 Å². The third-order valence-corrected chi connectivity index (χ3v) is 3.81. The number of hydrogen-bond acceptors (Lipinski definition) is 4. The van der Waals surface area contributed by atoms with E-state index < -0.39 is 11.6 Å². The molecule has 104 valence electrons. The molecule has 1 aromatic rings. The average molecular weight is 264 g/mol. The van der Waals surface area contributed by atoms with E-state index in [0.29, 0.717) is 18.3 Å². The Bertz CT molecular complexity index is 454. The van der Waals surface area contributed by atoms with Crippen molar-refractivity contribution in [1.82, 2.24) is 4.98 Å². The zero-order valence-corrected chi connectivity index (χ0v) is 11.1. The highest BCUT2D eigenvalue weighted by Crippen LogP contribution is 2.31. The molecule has 1 aliphatic rings. The van der Waals surface area contributed by atoms with E-state index in [1.54, 1.807) is 0 Å². The summed E-state index contributed by atoms with van der Waals surface area (Å²) in [5.41, 5.74) is -0.505. The first-order chi connectivity index (χ1) is 8.98. The predicted octanol–water partition coefficient (Wildman–Crippen LogP) is 2.13. The number of nitrogens with zero attached hydrogens (tertiary/aromatic N) is 1. The van der Waals surface area contributed by atoms with Crippen molar-refractivity contribution in [2.24, 2.45) is 5.92 Å². The Labute approximate surface area is 112 Å². The van der Waals surface area contributed by atoms with Crippen LogP contribution in [0.15, 0.2) is 18.3 Å². The van der Waals surface area contributed by atoms with Gasteiger partial charge in [0.25, 0.3) is 0 Å². The summed E-state index contributed by atoms with van der Waals surface area (Å²) in [7, 11) is 0. The molecule has 0 bridgehead atoms. The Hall–Kier alpha value is -1.62. The Morgan fingerprint density at radius 1 is 1.53 bits per heavy atom. The molecule has 2 rings (SSSR count). The van der Waals surface area contributed by atoms with Gasteiger partial charge in [-0.2, -0.15) is 0 Å². The average Bonchev–Trinajstić information content (AvgIpc) is 2.41. The maximum absolute atomic E-state index is 10.9. The molecule has 5 heteroatoms. The first kappa shape index (κ1) is 13.8. The number of aromatic carboxylic acids is 1. The number of rotatable bonds is 4. The Morgan fingerprint density at radius 2 is 2.21 bits per heavy atom. The molecule has 1 aromatic heterocycles. The fraction of sp³-hybridized carbons (Fsp3) is 0.571. The normalized spacial score (nSPS) is 26.9. The summed E-state index contributed by atoms with van der Waals surface area (Å²) in [6.45, 7) is 2.61. The van der Waals surface area contributed by atoms with Gasteiger partial charge in [-0.1, -0.05) is 6.92 Å². The van der Waals surface area contributed by atoms with Crippen LogP contribution in [0.1, 0.15) is 43.0 Å². The molecule has 0 aliphatic heterocycles. The highest BCUT2D eigenvalue weighted by atomic mass is 16.4. The number of pyridine rings is 1. The van der Waals surface area contributed by atoms with E-state index in [-0.39, 0.29) is 5.56 Å². The van der Waals surface area contributed by atoms with Crippen LogP contribution in [0, 0.1) is 5.92 Å². The maximum atomic E-state index is 10.9. The van der Waals surface area contributed by atoms with Gasteiger partial charge in [-0.15, -0.1) is 0 Å². The molecule has 0 atom stereocenters. The number of nitrogens with one attached hydrogen (secondary N) is 1. The van der Waals surface area contributed by atoms with Gasteiger partial charge < -0.3 is 15.5 Å². The van der Waals surface area contributed by atoms with Crippen LogP contribution >= 0.6 is 0 Å². The van der Waals surface area contributed by atoms with Gasteiger partial charge in [0.2, 0.25) is 0 Å². The quantitative estimate of drug-likeness (QED) is 0.776. The molecule has 5 nitrogen and oxygen atoms in total. The van der Waals surface area contributed by atoms with E-state index in [4.69, 9.17) is 5.11 Å². The lowest BCUT2D eigenvalue weighted by Gasteiger charge is -2.35. The monoisotopic (exact) mass is 264 g/mol. The van der Waals surface area contributed by atoms with Gasteiger partial charge in [-0.3, -0.25) is 0 Å². The molecule has 0 spiro atoms. The summed E-state index contributed by atoms with van der Waals surface area (Å²) in [6, 6.07) is 2.93. The van der Waals surface area contributed by atoms with Crippen molar-refractivity contribution in [2.45, 2.75) is 38.2 Å². The fourth-order valence-electron chi connectivity index (χ4n) is 2.39. The van der Waals surface area contributed by atoms with Crippen LogP contribution in [-0.4, -0.2) is 33.3 Å². The third kappa shape index (κ3) is 3.67. The van der Waals surface area contributed by atoms with Crippen molar-refractivity contribution in [3.63, 3.8) is 0 Å². The Balaban J connectivity index is 1.95. The number of aromatic nitrogens is 1. The molecule has 1 saturated carbocycles. The number of carbonyl (C=O) groups is 1. The summed E-state index contributed by atoms with van der Waals surface area (Å²) in [5, 5.41) is 22.4. The van der Waals surface area contributed by atoms with Gasteiger partial charge in [0.05, 0.1) is 11.2 Å². The molecule has 1 aliphatic carbocycles. The van der Waals surface area contributed by atoms with Crippen LogP contribution in [-0.2, 0) is 0 Å². The van der Waals surface area contributed by atoms with E-state index in [2.05, 4.69) is 17.2 Å². The van der Waals surface area contributed by atoms with Crippen LogP contribution in [0.25, 0.3) is 0 Å². The van der Waals surface area contributed by atoms with Crippen LogP contribution in [0.4, 0.5) is 5.82 Å². The largest absolute Gasteiger partial charge is 0.478 e. The first-order valence-corrected chi connectivity index (χ1v) is 6.64. The Morgan fingerprint density at radius 3 is 2.84 bits per heavy atom. The summed E-state index contributed by atoms with van der Waals surface area (Å²) in [4.78, 5) is 14.9. The molecule has 3 N–H and O–H groups in total. The molecule has 0 amide bonds. The van der Waals surface area contributed by atoms with E-state index in [1.165, 1.54) is 18.3 Å². The lowest BCUT2D eigenvalue weighted by Crippen LogP contribution is -2.40.